The summed E-state index contributed by atoms with van der Waals surface area (Å²) in [6.07, 6.45) is -1.05. The summed E-state index contributed by atoms with van der Waals surface area (Å²) in [5.41, 5.74) is 1.28. The molecular weight excluding hydrogens is 258 g/mol. The molecule has 2 unspecified atom stereocenters. The van der Waals surface area contributed by atoms with Crippen LogP contribution in [0.4, 0.5) is 0 Å². The second-order valence-electron chi connectivity index (χ2n) is 4.44. The molecule has 1 aromatic heterocycles. The number of carbonyl (C=O) groups is 1. The topological polar surface area (TPSA) is 79.7 Å². The second kappa shape index (κ2) is 6.45. The highest BCUT2D eigenvalue weighted by Crippen LogP contribution is 2.26. The standard InChI is InChI=1S/C15H17NO4/c1-2-20-14(18)9-13(17)15(19)11-7-8-16-12-6-4-3-5-10(11)12/h3-8,13,15,17,19H,2,9H2,1H3. The van der Waals surface area contributed by atoms with Crippen molar-refractivity contribution in [1.29, 1.82) is 0 Å². The summed E-state index contributed by atoms with van der Waals surface area (Å²) < 4.78 is 4.76. The van der Waals surface area contributed by atoms with E-state index in [2.05, 4.69) is 4.98 Å². The van der Waals surface area contributed by atoms with Crippen LogP contribution in [-0.4, -0.2) is 33.9 Å². The third kappa shape index (κ3) is 3.12. The number of esters is 1. The lowest BCUT2D eigenvalue weighted by molar-refractivity contribution is -0.147. The number of para-hydroxylation sites is 1. The molecule has 1 aromatic carbocycles. The lowest BCUT2D eigenvalue weighted by Gasteiger charge is -2.18. The van der Waals surface area contributed by atoms with Gasteiger partial charge in [-0.1, -0.05) is 18.2 Å². The van der Waals surface area contributed by atoms with Crippen LogP contribution in [0, 0.1) is 0 Å². The normalized spacial score (nSPS) is 13.9. The van der Waals surface area contributed by atoms with Gasteiger partial charge in [-0.2, -0.15) is 0 Å². The van der Waals surface area contributed by atoms with Crippen molar-refractivity contribution < 1.29 is 19.7 Å². The highest BCUT2D eigenvalue weighted by molar-refractivity contribution is 5.82. The molecule has 2 N–H and O–H groups in total. The molecule has 0 saturated carbocycles. The molecule has 2 rings (SSSR count). The quantitative estimate of drug-likeness (QED) is 0.810. The predicted molar refractivity (Wildman–Crippen MR) is 74.0 cm³/mol. The maximum absolute atomic E-state index is 11.3. The van der Waals surface area contributed by atoms with Crippen molar-refractivity contribution in [3.63, 3.8) is 0 Å². The van der Waals surface area contributed by atoms with Gasteiger partial charge in [-0.25, -0.2) is 0 Å². The van der Waals surface area contributed by atoms with Gasteiger partial charge in [-0.15, -0.1) is 0 Å². The minimum atomic E-state index is -1.21. The SMILES string of the molecule is CCOC(=O)CC(O)C(O)c1ccnc2ccccc12. The number of ether oxygens (including phenoxy) is 1. The first kappa shape index (κ1) is 14.4. The minimum Gasteiger partial charge on any atom is -0.466 e. The highest BCUT2D eigenvalue weighted by Gasteiger charge is 2.23. The Labute approximate surface area is 116 Å². The number of pyridine rings is 1. The Morgan fingerprint density at radius 3 is 2.80 bits per heavy atom. The van der Waals surface area contributed by atoms with E-state index in [0.717, 1.165) is 10.9 Å². The summed E-state index contributed by atoms with van der Waals surface area (Å²) in [4.78, 5) is 15.5. The van der Waals surface area contributed by atoms with Crippen molar-refractivity contribution in [2.24, 2.45) is 0 Å². The van der Waals surface area contributed by atoms with E-state index >= 15 is 0 Å². The lowest BCUT2D eigenvalue weighted by Crippen LogP contribution is -2.23. The Bertz CT molecular complexity index is 594. The fourth-order valence-electron chi connectivity index (χ4n) is 2.09. The number of benzene rings is 1. The van der Waals surface area contributed by atoms with E-state index in [4.69, 9.17) is 4.74 Å². The zero-order valence-corrected chi connectivity index (χ0v) is 11.2. The molecule has 106 valence electrons. The third-order valence-corrected chi connectivity index (χ3v) is 3.05. The Hall–Kier alpha value is -1.98. The first-order chi connectivity index (χ1) is 9.63. The summed E-state index contributed by atoms with van der Waals surface area (Å²) in [5.74, 6) is -0.530. The van der Waals surface area contributed by atoms with Crippen LogP contribution in [0.5, 0.6) is 0 Å². The minimum absolute atomic E-state index is 0.244. The summed E-state index contributed by atoms with van der Waals surface area (Å²) in [6.45, 7) is 1.94. The molecule has 20 heavy (non-hydrogen) atoms. The van der Waals surface area contributed by atoms with Gasteiger partial charge in [0.05, 0.1) is 24.6 Å². The molecule has 2 atom stereocenters. The van der Waals surface area contributed by atoms with Crippen molar-refractivity contribution in [3.8, 4) is 0 Å². The zero-order chi connectivity index (χ0) is 14.5. The van der Waals surface area contributed by atoms with Crippen molar-refractivity contribution in [3.05, 3.63) is 42.1 Å². The lowest BCUT2D eigenvalue weighted by atomic mass is 9.99. The zero-order valence-electron chi connectivity index (χ0n) is 11.2. The van der Waals surface area contributed by atoms with Gasteiger partial charge in [0.25, 0.3) is 0 Å². The molecule has 0 bridgehead atoms. The monoisotopic (exact) mass is 275 g/mol. The molecule has 0 amide bonds. The molecule has 0 saturated heterocycles. The number of hydrogen-bond acceptors (Lipinski definition) is 5. The number of carbonyl (C=O) groups excluding carboxylic acids is 1. The fraction of sp³-hybridized carbons (Fsp3) is 0.333. The highest BCUT2D eigenvalue weighted by atomic mass is 16.5. The van der Waals surface area contributed by atoms with E-state index < -0.39 is 18.2 Å². The van der Waals surface area contributed by atoms with Crippen LogP contribution < -0.4 is 0 Å². The molecule has 2 aromatic rings. The Morgan fingerprint density at radius 1 is 1.30 bits per heavy atom. The van der Waals surface area contributed by atoms with E-state index in [1.54, 1.807) is 19.2 Å². The Balaban J connectivity index is 2.22. The summed E-state index contributed by atoms with van der Waals surface area (Å²) in [7, 11) is 0. The van der Waals surface area contributed by atoms with Gasteiger partial charge in [0.2, 0.25) is 0 Å². The fourth-order valence-corrected chi connectivity index (χ4v) is 2.09. The largest absolute Gasteiger partial charge is 0.466 e. The second-order valence-corrected chi connectivity index (χ2v) is 4.44. The Kier molecular flexibility index (Phi) is 4.65. The number of nitrogens with zero attached hydrogens (tertiary/aromatic N) is 1. The molecule has 5 heteroatoms. The van der Waals surface area contributed by atoms with Crippen LogP contribution in [0.2, 0.25) is 0 Å². The van der Waals surface area contributed by atoms with Crippen molar-refractivity contribution in [1.82, 2.24) is 4.98 Å². The average molecular weight is 275 g/mol. The van der Waals surface area contributed by atoms with Gasteiger partial charge in [-0.3, -0.25) is 9.78 Å². The number of rotatable bonds is 5. The van der Waals surface area contributed by atoms with E-state index in [1.165, 1.54) is 0 Å². The maximum Gasteiger partial charge on any atom is 0.308 e. The predicted octanol–water partition coefficient (Wildman–Crippen LogP) is 1.58. The molecule has 1 heterocycles. The van der Waals surface area contributed by atoms with E-state index in [0.29, 0.717) is 5.56 Å². The van der Waals surface area contributed by atoms with Crippen LogP contribution in [0.15, 0.2) is 36.5 Å². The van der Waals surface area contributed by atoms with Gasteiger partial charge >= 0.3 is 5.97 Å². The van der Waals surface area contributed by atoms with Gasteiger partial charge in [0.1, 0.15) is 6.10 Å². The van der Waals surface area contributed by atoms with Crippen molar-refractivity contribution in [2.75, 3.05) is 6.61 Å². The number of aliphatic hydroxyl groups excluding tert-OH is 2. The molecule has 0 spiro atoms. The van der Waals surface area contributed by atoms with E-state index in [9.17, 15) is 15.0 Å². The number of hydrogen-bond donors (Lipinski definition) is 2. The molecule has 0 radical (unpaired) electrons. The first-order valence-electron chi connectivity index (χ1n) is 6.49. The van der Waals surface area contributed by atoms with Gasteiger partial charge in [-0.05, 0) is 24.6 Å². The molecule has 5 nitrogen and oxygen atoms in total. The number of aromatic nitrogens is 1. The van der Waals surface area contributed by atoms with Gasteiger partial charge in [0.15, 0.2) is 0 Å². The smallest absolute Gasteiger partial charge is 0.308 e. The van der Waals surface area contributed by atoms with Crippen LogP contribution in [0.1, 0.15) is 25.0 Å². The summed E-state index contributed by atoms with van der Waals surface area (Å²) in [6, 6.07) is 8.96. The van der Waals surface area contributed by atoms with Crippen LogP contribution in [-0.2, 0) is 9.53 Å². The molecule has 0 aliphatic carbocycles. The number of fused-ring (bicyclic) bond motifs is 1. The van der Waals surface area contributed by atoms with E-state index in [-0.39, 0.29) is 13.0 Å². The van der Waals surface area contributed by atoms with Crippen LogP contribution in [0.25, 0.3) is 10.9 Å². The maximum atomic E-state index is 11.3. The van der Waals surface area contributed by atoms with Crippen LogP contribution in [0.3, 0.4) is 0 Å². The average Bonchev–Trinajstić information content (AvgIpc) is 2.46. The molecule has 0 fully saturated rings. The van der Waals surface area contributed by atoms with E-state index in [1.807, 2.05) is 24.3 Å². The summed E-state index contributed by atoms with van der Waals surface area (Å²) >= 11 is 0. The van der Waals surface area contributed by atoms with Gasteiger partial charge in [0, 0.05) is 11.6 Å². The number of aliphatic hydroxyl groups is 2. The Morgan fingerprint density at radius 2 is 2.05 bits per heavy atom. The molecule has 0 aliphatic heterocycles. The van der Waals surface area contributed by atoms with Crippen LogP contribution >= 0.6 is 0 Å². The van der Waals surface area contributed by atoms with Gasteiger partial charge < -0.3 is 14.9 Å². The third-order valence-electron chi connectivity index (χ3n) is 3.05. The van der Waals surface area contributed by atoms with Crippen molar-refractivity contribution in [2.45, 2.75) is 25.6 Å². The summed E-state index contributed by atoms with van der Waals surface area (Å²) in [5, 5.41) is 20.9. The van der Waals surface area contributed by atoms with Crippen molar-refractivity contribution >= 4 is 16.9 Å². The molecular formula is C15H17NO4. The first-order valence-corrected chi connectivity index (χ1v) is 6.49. The molecule has 0 aliphatic rings.